The van der Waals surface area contributed by atoms with Gasteiger partial charge in [0.2, 0.25) is 0 Å². The quantitative estimate of drug-likeness (QED) is 0.636. The molecule has 0 amide bonds. The van der Waals surface area contributed by atoms with Crippen molar-refractivity contribution in [2.45, 2.75) is 13.5 Å². The lowest BCUT2D eigenvalue weighted by Gasteiger charge is -2.22. The maximum absolute atomic E-state index is 5.86. The molecule has 24 heavy (non-hydrogen) atoms. The van der Waals surface area contributed by atoms with Crippen molar-refractivity contribution in [3.8, 4) is 5.75 Å². The molecule has 8 heteroatoms. The molecule has 1 aromatic heterocycles. The number of nitrogens with one attached hydrogen (secondary N) is 1. The minimum atomic E-state index is 0.544. The summed E-state index contributed by atoms with van der Waals surface area (Å²) in [5.74, 6) is 3.31. The fourth-order valence-corrected chi connectivity index (χ4v) is 2.21. The number of ether oxygens (including phenoxy) is 1. The van der Waals surface area contributed by atoms with E-state index >= 15 is 0 Å². The maximum atomic E-state index is 5.86. The maximum Gasteiger partial charge on any atom is 0.193 e. The van der Waals surface area contributed by atoms with Crippen LogP contribution in [-0.2, 0) is 13.6 Å². The van der Waals surface area contributed by atoms with Crippen molar-refractivity contribution in [1.82, 2.24) is 25.0 Å². The minimum Gasteiger partial charge on any atom is -0.492 e. The molecule has 1 heterocycles. The zero-order valence-corrected chi connectivity index (χ0v) is 15.2. The van der Waals surface area contributed by atoms with E-state index in [1.165, 1.54) is 0 Å². The van der Waals surface area contributed by atoms with E-state index in [1.54, 1.807) is 7.05 Å². The average Bonchev–Trinajstić information content (AvgIpc) is 2.89. The first-order valence-electron chi connectivity index (χ1n) is 7.66. The van der Waals surface area contributed by atoms with Crippen molar-refractivity contribution in [1.29, 1.82) is 0 Å². The highest BCUT2D eigenvalue weighted by Gasteiger charge is 2.09. The molecule has 0 unspecified atom stereocenters. The van der Waals surface area contributed by atoms with Crippen LogP contribution in [0, 0.1) is 6.92 Å². The fraction of sp³-hybridized carbons (Fsp3) is 0.438. The lowest BCUT2D eigenvalue weighted by molar-refractivity contribution is 0.281. The van der Waals surface area contributed by atoms with E-state index in [2.05, 4.69) is 20.5 Å². The highest BCUT2D eigenvalue weighted by atomic mass is 35.5. The number of guanidine groups is 1. The Labute approximate surface area is 147 Å². The standard InChI is InChI=1S/C16H23ClN6O/c1-12-20-21-15(23(12)4)11-19-16(18-2)22(3)9-10-24-14-7-5-13(17)6-8-14/h5-8H,9-11H2,1-4H3,(H,18,19). The summed E-state index contributed by atoms with van der Waals surface area (Å²) in [5.41, 5.74) is 0. The molecule has 0 atom stereocenters. The van der Waals surface area contributed by atoms with E-state index in [1.807, 2.05) is 54.8 Å². The third-order valence-electron chi connectivity index (χ3n) is 3.67. The monoisotopic (exact) mass is 350 g/mol. The normalized spacial score (nSPS) is 11.5. The number of aliphatic imine (C=N–C) groups is 1. The largest absolute Gasteiger partial charge is 0.492 e. The molecule has 0 aliphatic carbocycles. The zero-order chi connectivity index (χ0) is 17.5. The Morgan fingerprint density at radius 2 is 2.04 bits per heavy atom. The van der Waals surface area contributed by atoms with Crippen molar-refractivity contribution in [3.63, 3.8) is 0 Å². The summed E-state index contributed by atoms with van der Waals surface area (Å²) < 4.78 is 7.65. The Balaban J connectivity index is 1.79. The van der Waals surface area contributed by atoms with Crippen LogP contribution in [0.15, 0.2) is 29.3 Å². The first-order valence-corrected chi connectivity index (χ1v) is 8.04. The second kappa shape index (κ2) is 8.54. The van der Waals surface area contributed by atoms with Crippen molar-refractivity contribution in [3.05, 3.63) is 40.9 Å². The van der Waals surface area contributed by atoms with Crippen molar-refractivity contribution in [2.24, 2.45) is 12.0 Å². The van der Waals surface area contributed by atoms with Crippen molar-refractivity contribution < 1.29 is 4.74 Å². The Morgan fingerprint density at radius 3 is 2.62 bits per heavy atom. The Morgan fingerprint density at radius 1 is 1.33 bits per heavy atom. The predicted molar refractivity (Wildman–Crippen MR) is 95.5 cm³/mol. The third kappa shape index (κ3) is 4.86. The molecule has 0 aliphatic heterocycles. The number of halogens is 1. The van der Waals surface area contributed by atoms with Gasteiger partial charge in [-0.05, 0) is 31.2 Å². The van der Waals surface area contributed by atoms with E-state index in [4.69, 9.17) is 16.3 Å². The van der Waals surface area contributed by atoms with Crippen LogP contribution >= 0.6 is 11.6 Å². The molecular formula is C16H23ClN6O. The number of benzene rings is 1. The topological polar surface area (TPSA) is 67.6 Å². The lowest BCUT2D eigenvalue weighted by Crippen LogP contribution is -2.40. The molecule has 0 aliphatic rings. The van der Waals surface area contributed by atoms with Crippen molar-refractivity contribution in [2.75, 3.05) is 27.2 Å². The summed E-state index contributed by atoms with van der Waals surface area (Å²) in [6.07, 6.45) is 0. The van der Waals surface area contributed by atoms with Gasteiger partial charge in [0.1, 0.15) is 18.2 Å². The summed E-state index contributed by atoms with van der Waals surface area (Å²) in [4.78, 5) is 6.28. The molecule has 2 rings (SSSR count). The summed E-state index contributed by atoms with van der Waals surface area (Å²) >= 11 is 5.86. The molecule has 0 bridgehead atoms. The van der Waals surface area contributed by atoms with Gasteiger partial charge in [0, 0.05) is 26.2 Å². The summed E-state index contributed by atoms with van der Waals surface area (Å²) in [6.45, 7) is 3.72. The van der Waals surface area contributed by atoms with Gasteiger partial charge in [-0.25, -0.2) is 0 Å². The summed E-state index contributed by atoms with van der Waals surface area (Å²) in [5, 5.41) is 12.1. The minimum absolute atomic E-state index is 0.544. The Kier molecular flexibility index (Phi) is 6.43. The first-order chi connectivity index (χ1) is 11.5. The number of rotatable bonds is 6. The van der Waals surface area contributed by atoms with Gasteiger partial charge < -0.3 is 19.5 Å². The summed E-state index contributed by atoms with van der Waals surface area (Å²) in [6, 6.07) is 7.32. The van der Waals surface area contributed by atoms with Gasteiger partial charge in [-0.15, -0.1) is 10.2 Å². The van der Waals surface area contributed by atoms with Gasteiger partial charge in [-0.2, -0.15) is 0 Å². The SMILES string of the molecule is CN=C(NCc1nnc(C)n1C)N(C)CCOc1ccc(Cl)cc1. The second-order valence-corrected chi connectivity index (χ2v) is 5.78. The van der Waals surface area contributed by atoms with E-state index in [-0.39, 0.29) is 0 Å². The van der Waals surface area contributed by atoms with Crippen LogP contribution in [0.25, 0.3) is 0 Å². The molecule has 0 radical (unpaired) electrons. The van der Waals surface area contributed by atoms with Gasteiger partial charge in [0.15, 0.2) is 11.8 Å². The lowest BCUT2D eigenvalue weighted by atomic mass is 10.3. The van der Waals surface area contributed by atoms with Crippen LogP contribution in [0.2, 0.25) is 5.02 Å². The van der Waals surface area contributed by atoms with Gasteiger partial charge >= 0.3 is 0 Å². The average molecular weight is 351 g/mol. The van der Waals surface area contributed by atoms with Gasteiger partial charge in [0.05, 0.1) is 13.1 Å². The van der Waals surface area contributed by atoms with Gasteiger partial charge in [-0.1, -0.05) is 11.6 Å². The summed E-state index contributed by atoms with van der Waals surface area (Å²) in [7, 11) is 5.65. The van der Waals surface area contributed by atoms with E-state index in [9.17, 15) is 0 Å². The number of aryl methyl sites for hydroxylation is 1. The Bertz CT molecular complexity index is 682. The number of hydrogen-bond donors (Lipinski definition) is 1. The third-order valence-corrected chi connectivity index (χ3v) is 3.92. The molecule has 130 valence electrons. The van der Waals surface area contributed by atoms with E-state index in [0.29, 0.717) is 24.7 Å². The molecule has 1 N–H and O–H groups in total. The van der Waals surface area contributed by atoms with E-state index < -0.39 is 0 Å². The highest BCUT2D eigenvalue weighted by Crippen LogP contribution is 2.15. The molecule has 7 nitrogen and oxygen atoms in total. The molecule has 0 fully saturated rings. The van der Waals surface area contributed by atoms with Crippen LogP contribution in [0.5, 0.6) is 5.75 Å². The van der Waals surface area contributed by atoms with Gasteiger partial charge in [0.25, 0.3) is 0 Å². The van der Waals surface area contributed by atoms with Crippen LogP contribution in [-0.4, -0.2) is 52.9 Å². The van der Waals surface area contributed by atoms with Crippen LogP contribution < -0.4 is 10.1 Å². The predicted octanol–water partition coefficient (Wildman–Crippen LogP) is 1.86. The number of likely N-dealkylation sites (N-methyl/N-ethyl adjacent to an activating group) is 1. The highest BCUT2D eigenvalue weighted by molar-refractivity contribution is 6.30. The zero-order valence-electron chi connectivity index (χ0n) is 14.5. The molecule has 0 saturated heterocycles. The van der Waals surface area contributed by atoms with Crippen LogP contribution in [0.3, 0.4) is 0 Å². The van der Waals surface area contributed by atoms with E-state index in [0.717, 1.165) is 23.4 Å². The number of aromatic nitrogens is 3. The molecule has 1 aromatic carbocycles. The number of nitrogens with zero attached hydrogens (tertiary/aromatic N) is 5. The number of hydrogen-bond acceptors (Lipinski definition) is 4. The van der Waals surface area contributed by atoms with Gasteiger partial charge in [-0.3, -0.25) is 4.99 Å². The first kappa shape index (κ1) is 18.1. The van der Waals surface area contributed by atoms with Crippen LogP contribution in [0.1, 0.15) is 11.6 Å². The fourth-order valence-electron chi connectivity index (χ4n) is 2.08. The molecule has 0 spiro atoms. The molecular weight excluding hydrogens is 328 g/mol. The molecule has 2 aromatic rings. The van der Waals surface area contributed by atoms with Crippen molar-refractivity contribution >= 4 is 17.6 Å². The smallest absolute Gasteiger partial charge is 0.193 e. The molecule has 0 saturated carbocycles. The second-order valence-electron chi connectivity index (χ2n) is 5.35. The Hall–Kier alpha value is -2.28. The van der Waals surface area contributed by atoms with Crippen LogP contribution in [0.4, 0.5) is 0 Å².